The van der Waals surface area contributed by atoms with Crippen LogP contribution < -0.4 is 0 Å². The summed E-state index contributed by atoms with van der Waals surface area (Å²) in [6, 6.07) is 0. The van der Waals surface area contributed by atoms with Crippen LogP contribution in [0.15, 0.2) is 0 Å². The van der Waals surface area contributed by atoms with Gasteiger partial charge in [0.25, 0.3) is 0 Å². The summed E-state index contributed by atoms with van der Waals surface area (Å²) in [4.78, 5) is 0. The van der Waals surface area contributed by atoms with E-state index in [9.17, 15) is 0 Å². The Morgan fingerprint density at radius 1 is 0.714 bits per heavy atom. The molecule has 0 saturated heterocycles. The molecule has 0 rings (SSSR count). The van der Waals surface area contributed by atoms with Gasteiger partial charge in [-0.3, -0.25) is 0 Å². The first kappa shape index (κ1) is 16.4. The molecule has 0 N–H and O–H groups in total. The number of hydrogen-bond acceptors (Lipinski definition) is 2. The minimum atomic E-state index is 0.0833. The van der Waals surface area contributed by atoms with Crippen LogP contribution >= 0.6 is 0 Å². The summed E-state index contributed by atoms with van der Waals surface area (Å²) in [6.45, 7) is 12.5. The molecule has 0 heterocycles. The van der Waals surface area contributed by atoms with Crippen LogP contribution in [0.3, 0.4) is 0 Å². The summed E-state index contributed by atoms with van der Waals surface area (Å²) in [5.74, 6) is 0. The average Bonchev–Trinajstić information content (AvgIpc) is 2.19. The van der Waals surface area contributed by atoms with Gasteiger partial charge in [0.1, 0.15) is 0 Å². The van der Waals surface area contributed by atoms with Gasteiger partial charge in [-0.15, -0.1) is 0 Å². The standard InChI is InChI=1S/2C6H14O/c2*1-5-6(2,3)7-4/h2*5H2,1-4H3. The summed E-state index contributed by atoms with van der Waals surface area (Å²) in [5, 5.41) is 0. The predicted molar refractivity (Wildman–Crippen MR) is 62.8 cm³/mol. The van der Waals surface area contributed by atoms with Gasteiger partial charge in [0.2, 0.25) is 0 Å². The van der Waals surface area contributed by atoms with E-state index in [1.165, 1.54) is 0 Å². The van der Waals surface area contributed by atoms with Crippen molar-refractivity contribution >= 4 is 0 Å². The van der Waals surface area contributed by atoms with E-state index >= 15 is 0 Å². The highest BCUT2D eigenvalue weighted by Crippen LogP contribution is 2.10. The SMILES string of the molecule is CCC(C)(C)OC.CCC(C)(C)OC. The highest BCUT2D eigenvalue weighted by Gasteiger charge is 2.11. The van der Waals surface area contributed by atoms with Crippen LogP contribution in [-0.4, -0.2) is 25.4 Å². The Labute approximate surface area is 90.0 Å². The summed E-state index contributed by atoms with van der Waals surface area (Å²) in [5.41, 5.74) is 0.167. The molecule has 0 aromatic heterocycles. The normalized spacial score (nSPS) is 12.0. The number of hydrogen-bond donors (Lipinski definition) is 0. The van der Waals surface area contributed by atoms with Gasteiger partial charge in [0, 0.05) is 14.2 Å². The van der Waals surface area contributed by atoms with Crippen LogP contribution in [-0.2, 0) is 9.47 Å². The molecule has 88 valence electrons. The number of methoxy groups -OCH3 is 2. The van der Waals surface area contributed by atoms with E-state index in [1.807, 2.05) is 0 Å². The van der Waals surface area contributed by atoms with Gasteiger partial charge in [-0.2, -0.15) is 0 Å². The zero-order valence-corrected chi connectivity index (χ0v) is 11.2. The van der Waals surface area contributed by atoms with Crippen LogP contribution in [0, 0.1) is 0 Å². The molecule has 0 saturated carbocycles. The predicted octanol–water partition coefficient (Wildman–Crippen LogP) is 3.64. The third-order valence-electron chi connectivity index (χ3n) is 2.81. The largest absolute Gasteiger partial charge is 0.379 e. The molecule has 0 amide bonds. The van der Waals surface area contributed by atoms with E-state index in [4.69, 9.17) is 9.47 Å². The fourth-order valence-electron chi connectivity index (χ4n) is 0.289. The third kappa shape index (κ3) is 10.0. The average molecular weight is 204 g/mol. The van der Waals surface area contributed by atoms with Crippen molar-refractivity contribution in [2.75, 3.05) is 14.2 Å². The van der Waals surface area contributed by atoms with Gasteiger partial charge in [-0.05, 0) is 40.5 Å². The maximum Gasteiger partial charge on any atom is 0.0620 e. The molecule has 0 atom stereocenters. The lowest BCUT2D eigenvalue weighted by molar-refractivity contribution is 0.0194. The second kappa shape index (κ2) is 7.24. The van der Waals surface area contributed by atoms with Gasteiger partial charge in [0.05, 0.1) is 11.2 Å². The quantitative estimate of drug-likeness (QED) is 0.696. The fourth-order valence-corrected chi connectivity index (χ4v) is 0.289. The van der Waals surface area contributed by atoms with Crippen molar-refractivity contribution in [3.05, 3.63) is 0 Å². The molecule has 2 nitrogen and oxygen atoms in total. The van der Waals surface area contributed by atoms with Crippen LogP contribution in [0.2, 0.25) is 0 Å². The lowest BCUT2D eigenvalue weighted by Crippen LogP contribution is -2.20. The Bertz CT molecular complexity index is 100. The van der Waals surface area contributed by atoms with E-state index < -0.39 is 0 Å². The maximum atomic E-state index is 5.09. The molecule has 0 aliphatic rings. The van der Waals surface area contributed by atoms with Crippen LogP contribution in [0.25, 0.3) is 0 Å². The summed E-state index contributed by atoms with van der Waals surface area (Å²) in [6.07, 6.45) is 2.15. The number of ether oxygens (including phenoxy) is 2. The first-order valence-electron chi connectivity index (χ1n) is 5.35. The van der Waals surface area contributed by atoms with Gasteiger partial charge in [0.15, 0.2) is 0 Å². The molecule has 14 heavy (non-hydrogen) atoms. The zero-order valence-electron chi connectivity index (χ0n) is 11.2. The van der Waals surface area contributed by atoms with Gasteiger partial charge >= 0.3 is 0 Å². The summed E-state index contributed by atoms with van der Waals surface area (Å²) in [7, 11) is 3.48. The highest BCUT2D eigenvalue weighted by molar-refractivity contribution is 4.63. The Morgan fingerprint density at radius 2 is 0.929 bits per heavy atom. The van der Waals surface area contributed by atoms with Gasteiger partial charge in [-0.1, -0.05) is 13.8 Å². The minimum absolute atomic E-state index is 0.0833. The Balaban J connectivity index is 0. The first-order valence-corrected chi connectivity index (χ1v) is 5.35. The zero-order chi connectivity index (χ0) is 11.8. The van der Waals surface area contributed by atoms with Crippen molar-refractivity contribution in [1.29, 1.82) is 0 Å². The van der Waals surface area contributed by atoms with Crippen LogP contribution in [0.4, 0.5) is 0 Å². The number of rotatable bonds is 4. The van der Waals surface area contributed by atoms with E-state index in [2.05, 4.69) is 41.5 Å². The molecule has 0 radical (unpaired) electrons. The summed E-state index contributed by atoms with van der Waals surface area (Å²) < 4.78 is 10.2. The molecular weight excluding hydrogens is 176 g/mol. The fraction of sp³-hybridized carbons (Fsp3) is 1.00. The Kier molecular flexibility index (Phi) is 8.46. The van der Waals surface area contributed by atoms with Crippen molar-refractivity contribution < 1.29 is 9.47 Å². The molecular formula is C12H28O2. The van der Waals surface area contributed by atoms with Crippen molar-refractivity contribution in [3.8, 4) is 0 Å². The molecule has 0 aromatic carbocycles. The topological polar surface area (TPSA) is 18.5 Å². The lowest BCUT2D eigenvalue weighted by Gasteiger charge is -2.19. The molecule has 0 bridgehead atoms. The highest BCUT2D eigenvalue weighted by atomic mass is 16.5. The minimum Gasteiger partial charge on any atom is -0.379 e. The lowest BCUT2D eigenvalue weighted by atomic mass is 10.1. The van der Waals surface area contributed by atoms with Crippen molar-refractivity contribution in [2.45, 2.75) is 65.6 Å². The molecule has 2 heteroatoms. The smallest absolute Gasteiger partial charge is 0.0620 e. The van der Waals surface area contributed by atoms with E-state index in [0.29, 0.717) is 0 Å². The van der Waals surface area contributed by atoms with E-state index in [0.717, 1.165) is 12.8 Å². The van der Waals surface area contributed by atoms with Crippen LogP contribution in [0.5, 0.6) is 0 Å². The second-order valence-electron chi connectivity index (χ2n) is 4.63. The Hall–Kier alpha value is -0.0800. The Morgan fingerprint density at radius 3 is 0.929 bits per heavy atom. The van der Waals surface area contributed by atoms with E-state index in [-0.39, 0.29) is 11.2 Å². The molecule has 0 unspecified atom stereocenters. The molecule has 0 aliphatic heterocycles. The van der Waals surface area contributed by atoms with Gasteiger partial charge in [-0.25, -0.2) is 0 Å². The van der Waals surface area contributed by atoms with Gasteiger partial charge < -0.3 is 9.47 Å². The van der Waals surface area contributed by atoms with E-state index in [1.54, 1.807) is 14.2 Å². The third-order valence-corrected chi connectivity index (χ3v) is 2.81. The molecule has 0 aliphatic carbocycles. The molecule has 0 aromatic rings. The first-order chi connectivity index (χ1) is 6.24. The monoisotopic (exact) mass is 204 g/mol. The second-order valence-corrected chi connectivity index (χ2v) is 4.63. The maximum absolute atomic E-state index is 5.09. The molecule has 0 fully saturated rings. The molecule has 0 spiro atoms. The van der Waals surface area contributed by atoms with Crippen molar-refractivity contribution in [1.82, 2.24) is 0 Å². The van der Waals surface area contributed by atoms with Crippen LogP contribution in [0.1, 0.15) is 54.4 Å². The van der Waals surface area contributed by atoms with Crippen molar-refractivity contribution in [3.63, 3.8) is 0 Å². The van der Waals surface area contributed by atoms with Crippen molar-refractivity contribution in [2.24, 2.45) is 0 Å². The summed E-state index contributed by atoms with van der Waals surface area (Å²) >= 11 is 0.